The van der Waals surface area contributed by atoms with Crippen LogP contribution < -0.4 is 4.74 Å². The molecular weight excluding hydrogens is 328 g/mol. The van der Waals surface area contributed by atoms with E-state index in [2.05, 4.69) is 29.8 Å². The number of pyridine rings is 1. The molecular formula is C19H22N6O. The molecule has 4 heterocycles. The van der Waals surface area contributed by atoms with Gasteiger partial charge < -0.3 is 9.72 Å². The van der Waals surface area contributed by atoms with Crippen molar-refractivity contribution in [1.29, 1.82) is 0 Å². The van der Waals surface area contributed by atoms with E-state index >= 15 is 0 Å². The van der Waals surface area contributed by atoms with Crippen molar-refractivity contribution in [2.75, 3.05) is 13.1 Å². The smallest absolute Gasteiger partial charge is 0.241 e. The SMILES string of the molecule is Cc1ncccc1Oc1nccnc1C1CCCN(Cc2ncc[nH]2)C1. The van der Waals surface area contributed by atoms with Crippen molar-refractivity contribution in [2.45, 2.75) is 32.2 Å². The predicted octanol–water partition coefficient (Wildman–Crippen LogP) is 3.08. The van der Waals surface area contributed by atoms with Gasteiger partial charge in [-0.3, -0.25) is 14.9 Å². The van der Waals surface area contributed by atoms with Gasteiger partial charge in [0, 0.05) is 43.4 Å². The van der Waals surface area contributed by atoms with Crippen LogP contribution in [0, 0.1) is 6.92 Å². The Morgan fingerprint density at radius 2 is 2.08 bits per heavy atom. The van der Waals surface area contributed by atoms with Crippen LogP contribution in [0.1, 0.15) is 36.0 Å². The summed E-state index contributed by atoms with van der Waals surface area (Å²) in [6.07, 6.45) is 11.0. The molecule has 0 aliphatic carbocycles. The number of nitrogens with zero attached hydrogens (tertiary/aromatic N) is 5. The Labute approximate surface area is 152 Å². The zero-order valence-corrected chi connectivity index (χ0v) is 14.8. The molecule has 1 atom stereocenters. The highest BCUT2D eigenvalue weighted by Gasteiger charge is 2.26. The fourth-order valence-corrected chi connectivity index (χ4v) is 3.39. The Kier molecular flexibility index (Phi) is 4.88. The monoisotopic (exact) mass is 350 g/mol. The molecule has 0 aromatic carbocycles. The summed E-state index contributed by atoms with van der Waals surface area (Å²) in [7, 11) is 0. The number of nitrogens with one attached hydrogen (secondary N) is 1. The summed E-state index contributed by atoms with van der Waals surface area (Å²) in [5.41, 5.74) is 1.76. The van der Waals surface area contributed by atoms with Gasteiger partial charge in [0.15, 0.2) is 5.75 Å². The molecule has 4 rings (SSSR count). The maximum atomic E-state index is 6.06. The quantitative estimate of drug-likeness (QED) is 0.762. The van der Waals surface area contributed by atoms with Crippen LogP contribution in [-0.4, -0.2) is 42.9 Å². The molecule has 1 aliphatic heterocycles. The fraction of sp³-hybridized carbons (Fsp3) is 0.368. The number of aromatic amines is 1. The normalized spacial score (nSPS) is 18.0. The van der Waals surface area contributed by atoms with Crippen LogP contribution in [0.15, 0.2) is 43.1 Å². The first-order valence-electron chi connectivity index (χ1n) is 8.90. The lowest BCUT2D eigenvalue weighted by atomic mass is 9.94. The zero-order chi connectivity index (χ0) is 17.8. The van der Waals surface area contributed by atoms with Crippen LogP contribution in [0.3, 0.4) is 0 Å². The van der Waals surface area contributed by atoms with Crippen LogP contribution in [0.25, 0.3) is 0 Å². The molecule has 0 radical (unpaired) electrons. The molecule has 1 saturated heterocycles. The summed E-state index contributed by atoms with van der Waals surface area (Å²) < 4.78 is 6.06. The Morgan fingerprint density at radius 1 is 1.15 bits per heavy atom. The predicted molar refractivity (Wildman–Crippen MR) is 96.9 cm³/mol. The molecule has 134 valence electrons. The van der Waals surface area contributed by atoms with E-state index in [0.717, 1.165) is 55.4 Å². The van der Waals surface area contributed by atoms with Crippen LogP contribution in [0.5, 0.6) is 11.6 Å². The first kappa shape index (κ1) is 16.7. The molecule has 0 amide bonds. The maximum absolute atomic E-state index is 6.06. The number of ether oxygens (including phenoxy) is 1. The lowest BCUT2D eigenvalue weighted by molar-refractivity contribution is 0.193. The maximum Gasteiger partial charge on any atom is 0.241 e. The van der Waals surface area contributed by atoms with Gasteiger partial charge in [-0.05, 0) is 38.4 Å². The van der Waals surface area contributed by atoms with Crippen molar-refractivity contribution < 1.29 is 4.74 Å². The van der Waals surface area contributed by atoms with Gasteiger partial charge in [0.2, 0.25) is 5.88 Å². The van der Waals surface area contributed by atoms with Crippen LogP contribution in [-0.2, 0) is 6.54 Å². The summed E-state index contributed by atoms with van der Waals surface area (Å²) in [4.78, 5) is 23.2. The highest BCUT2D eigenvalue weighted by molar-refractivity contribution is 5.33. The lowest BCUT2D eigenvalue weighted by Crippen LogP contribution is -2.34. The Balaban J connectivity index is 1.53. The molecule has 3 aromatic heterocycles. The topological polar surface area (TPSA) is 79.8 Å². The number of piperidine rings is 1. The van der Waals surface area contributed by atoms with E-state index in [1.165, 1.54) is 0 Å². The molecule has 7 nitrogen and oxygen atoms in total. The highest BCUT2D eigenvalue weighted by atomic mass is 16.5. The second kappa shape index (κ2) is 7.61. The van der Waals surface area contributed by atoms with E-state index in [-0.39, 0.29) is 0 Å². The summed E-state index contributed by atoms with van der Waals surface area (Å²) >= 11 is 0. The van der Waals surface area contributed by atoms with Gasteiger partial charge in [0.05, 0.1) is 12.2 Å². The Hall–Kier alpha value is -2.80. The van der Waals surface area contributed by atoms with E-state index in [4.69, 9.17) is 4.74 Å². The number of H-pyrrole nitrogens is 1. The molecule has 1 fully saturated rings. The van der Waals surface area contributed by atoms with E-state index in [9.17, 15) is 0 Å². The molecule has 26 heavy (non-hydrogen) atoms. The first-order valence-corrected chi connectivity index (χ1v) is 8.90. The Bertz CT molecular complexity index is 851. The van der Waals surface area contributed by atoms with E-state index < -0.39 is 0 Å². The minimum absolute atomic E-state index is 0.291. The van der Waals surface area contributed by atoms with Crippen molar-refractivity contribution in [3.8, 4) is 11.6 Å². The van der Waals surface area contributed by atoms with Crippen molar-refractivity contribution in [3.63, 3.8) is 0 Å². The van der Waals surface area contributed by atoms with Gasteiger partial charge >= 0.3 is 0 Å². The van der Waals surface area contributed by atoms with Crippen molar-refractivity contribution in [3.05, 3.63) is 60.3 Å². The fourth-order valence-electron chi connectivity index (χ4n) is 3.39. The average molecular weight is 350 g/mol. The standard InChI is InChI=1S/C19H22N6O/c1-14-16(5-2-6-20-14)26-19-18(23-9-10-24-19)15-4-3-11-25(12-15)13-17-21-7-8-22-17/h2,5-10,15H,3-4,11-13H2,1H3,(H,21,22). The molecule has 1 N–H and O–H groups in total. The van der Waals surface area contributed by atoms with Gasteiger partial charge in [0.25, 0.3) is 0 Å². The van der Waals surface area contributed by atoms with Gasteiger partial charge in [-0.15, -0.1) is 0 Å². The van der Waals surface area contributed by atoms with Crippen molar-refractivity contribution in [1.82, 2.24) is 29.8 Å². The molecule has 1 unspecified atom stereocenters. The van der Waals surface area contributed by atoms with Gasteiger partial charge in [-0.1, -0.05) is 0 Å². The first-order chi connectivity index (χ1) is 12.8. The van der Waals surface area contributed by atoms with Gasteiger partial charge in [0.1, 0.15) is 11.5 Å². The number of hydrogen-bond donors (Lipinski definition) is 1. The third-order valence-electron chi connectivity index (χ3n) is 4.68. The third-order valence-corrected chi connectivity index (χ3v) is 4.68. The molecule has 1 aliphatic rings. The number of rotatable bonds is 5. The Morgan fingerprint density at radius 3 is 2.92 bits per heavy atom. The molecule has 7 heteroatoms. The summed E-state index contributed by atoms with van der Waals surface area (Å²) in [6, 6.07) is 3.77. The van der Waals surface area contributed by atoms with Gasteiger partial charge in [-0.25, -0.2) is 9.97 Å². The number of aryl methyl sites for hydroxylation is 1. The summed E-state index contributed by atoms with van der Waals surface area (Å²) in [6.45, 7) is 4.73. The molecule has 0 saturated carbocycles. The number of imidazole rings is 1. The second-order valence-corrected chi connectivity index (χ2v) is 6.55. The number of likely N-dealkylation sites (tertiary alicyclic amines) is 1. The number of aromatic nitrogens is 5. The van der Waals surface area contributed by atoms with E-state index in [1.807, 2.05) is 25.3 Å². The summed E-state index contributed by atoms with van der Waals surface area (Å²) in [5, 5.41) is 0. The van der Waals surface area contributed by atoms with Crippen LogP contribution >= 0.6 is 0 Å². The van der Waals surface area contributed by atoms with Crippen molar-refractivity contribution >= 4 is 0 Å². The average Bonchev–Trinajstić information content (AvgIpc) is 3.17. The van der Waals surface area contributed by atoms with E-state index in [0.29, 0.717) is 11.8 Å². The van der Waals surface area contributed by atoms with Crippen LogP contribution in [0.2, 0.25) is 0 Å². The van der Waals surface area contributed by atoms with Gasteiger partial charge in [-0.2, -0.15) is 0 Å². The largest absolute Gasteiger partial charge is 0.435 e. The molecule has 0 bridgehead atoms. The minimum Gasteiger partial charge on any atom is -0.435 e. The third kappa shape index (κ3) is 3.72. The highest BCUT2D eigenvalue weighted by Crippen LogP contribution is 2.33. The number of hydrogen-bond acceptors (Lipinski definition) is 6. The molecule has 3 aromatic rings. The second-order valence-electron chi connectivity index (χ2n) is 6.55. The van der Waals surface area contributed by atoms with E-state index in [1.54, 1.807) is 24.8 Å². The summed E-state index contributed by atoms with van der Waals surface area (Å²) in [5.74, 6) is 2.58. The van der Waals surface area contributed by atoms with Crippen LogP contribution in [0.4, 0.5) is 0 Å². The lowest BCUT2D eigenvalue weighted by Gasteiger charge is -2.32. The minimum atomic E-state index is 0.291. The molecule has 0 spiro atoms. The van der Waals surface area contributed by atoms with Crippen molar-refractivity contribution in [2.24, 2.45) is 0 Å². The zero-order valence-electron chi connectivity index (χ0n) is 14.8.